The summed E-state index contributed by atoms with van der Waals surface area (Å²) in [4.78, 5) is 37.4. The summed E-state index contributed by atoms with van der Waals surface area (Å²) in [6.07, 6.45) is 2.77. The van der Waals surface area contributed by atoms with E-state index < -0.39 is 0 Å². The van der Waals surface area contributed by atoms with Gasteiger partial charge >= 0.3 is 0 Å². The van der Waals surface area contributed by atoms with E-state index in [4.69, 9.17) is 4.42 Å². The number of anilines is 2. The van der Waals surface area contributed by atoms with Crippen LogP contribution in [0.5, 0.6) is 0 Å². The van der Waals surface area contributed by atoms with Crippen LogP contribution in [0.15, 0.2) is 71.3 Å². The average Bonchev–Trinajstić information content (AvgIpc) is 3.30. The van der Waals surface area contributed by atoms with Crippen molar-refractivity contribution in [3.8, 4) is 0 Å². The summed E-state index contributed by atoms with van der Waals surface area (Å²) in [5.74, 6) is -0.229. The molecular weight excluding hydrogens is 394 g/mol. The zero-order valence-electron chi connectivity index (χ0n) is 16.9. The highest BCUT2D eigenvalue weighted by atomic mass is 16.3. The second-order valence-corrected chi connectivity index (χ2v) is 7.44. The maximum atomic E-state index is 12.6. The van der Waals surface area contributed by atoms with Crippen LogP contribution in [-0.4, -0.2) is 17.7 Å². The number of rotatable bonds is 7. The molecule has 1 atom stereocenters. The molecule has 0 saturated heterocycles. The second kappa shape index (κ2) is 9.30. The van der Waals surface area contributed by atoms with Gasteiger partial charge < -0.3 is 20.4 Å². The Bertz CT molecular complexity index is 1090. The molecule has 3 N–H and O–H groups in total. The van der Waals surface area contributed by atoms with Gasteiger partial charge in [0, 0.05) is 18.0 Å². The lowest BCUT2D eigenvalue weighted by Gasteiger charge is -2.24. The fourth-order valence-corrected chi connectivity index (χ4v) is 3.63. The Kier molecular flexibility index (Phi) is 6.12. The molecule has 0 fully saturated rings. The molecule has 158 valence electrons. The summed E-state index contributed by atoms with van der Waals surface area (Å²) in [6, 6.07) is 18.0. The van der Waals surface area contributed by atoms with Crippen molar-refractivity contribution in [2.24, 2.45) is 5.92 Å². The third kappa shape index (κ3) is 5.01. The quantitative estimate of drug-likeness (QED) is 0.545. The third-order valence-corrected chi connectivity index (χ3v) is 5.28. The molecule has 0 spiro atoms. The zero-order chi connectivity index (χ0) is 21.6. The first-order valence-corrected chi connectivity index (χ1v) is 10.2. The SMILES string of the molecule is O=C(CCC1Cc2ccccc2NC1=O)Nc1ccccc1C(=O)NCc1ccco1. The summed E-state index contributed by atoms with van der Waals surface area (Å²) in [5.41, 5.74) is 2.71. The minimum Gasteiger partial charge on any atom is -0.467 e. The van der Waals surface area contributed by atoms with Crippen molar-refractivity contribution in [3.63, 3.8) is 0 Å². The molecule has 2 aromatic carbocycles. The van der Waals surface area contributed by atoms with E-state index in [2.05, 4.69) is 16.0 Å². The van der Waals surface area contributed by atoms with Gasteiger partial charge in [0.15, 0.2) is 0 Å². The lowest BCUT2D eigenvalue weighted by atomic mass is 9.89. The number of hydrogen-bond donors (Lipinski definition) is 3. The van der Waals surface area contributed by atoms with Crippen molar-refractivity contribution in [2.45, 2.75) is 25.8 Å². The standard InChI is InChI=1S/C24H23N3O4/c28-22(12-11-17-14-16-6-1-3-9-20(16)27-23(17)29)26-21-10-4-2-8-19(21)24(30)25-15-18-7-5-13-31-18/h1-10,13,17H,11-12,14-15H2,(H,25,30)(H,26,28)(H,27,29). The van der Waals surface area contributed by atoms with E-state index in [0.29, 0.717) is 29.9 Å². The van der Waals surface area contributed by atoms with Crippen molar-refractivity contribution in [1.29, 1.82) is 0 Å². The minimum atomic E-state index is -0.310. The van der Waals surface area contributed by atoms with Gasteiger partial charge in [-0.3, -0.25) is 14.4 Å². The molecule has 7 nitrogen and oxygen atoms in total. The highest BCUT2D eigenvalue weighted by Crippen LogP contribution is 2.27. The van der Waals surface area contributed by atoms with E-state index in [1.54, 1.807) is 42.7 Å². The third-order valence-electron chi connectivity index (χ3n) is 5.28. The average molecular weight is 417 g/mol. The molecule has 0 bridgehead atoms. The van der Waals surface area contributed by atoms with Gasteiger partial charge in [-0.15, -0.1) is 0 Å². The van der Waals surface area contributed by atoms with Gasteiger partial charge in [0.2, 0.25) is 11.8 Å². The number of nitrogens with one attached hydrogen (secondary N) is 3. The topological polar surface area (TPSA) is 100 Å². The van der Waals surface area contributed by atoms with Crippen LogP contribution in [0.4, 0.5) is 11.4 Å². The molecule has 1 aromatic heterocycles. The number of para-hydroxylation sites is 2. The fraction of sp³-hybridized carbons (Fsp3) is 0.208. The first-order valence-electron chi connectivity index (χ1n) is 10.2. The lowest BCUT2D eigenvalue weighted by molar-refractivity contribution is -0.121. The maximum Gasteiger partial charge on any atom is 0.253 e. The monoisotopic (exact) mass is 417 g/mol. The molecular formula is C24H23N3O4. The van der Waals surface area contributed by atoms with Crippen LogP contribution in [0, 0.1) is 5.92 Å². The van der Waals surface area contributed by atoms with E-state index in [1.165, 1.54) is 0 Å². The van der Waals surface area contributed by atoms with Crippen molar-refractivity contribution in [2.75, 3.05) is 10.6 Å². The number of carbonyl (C=O) groups excluding carboxylic acids is 3. The van der Waals surface area contributed by atoms with Crippen LogP contribution in [0.25, 0.3) is 0 Å². The smallest absolute Gasteiger partial charge is 0.253 e. The highest BCUT2D eigenvalue weighted by molar-refractivity contribution is 6.04. The summed E-state index contributed by atoms with van der Waals surface area (Å²) >= 11 is 0. The maximum absolute atomic E-state index is 12.6. The highest BCUT2D eigenvalue weighted by Gasteiger charge is 2.26. The number of amides is 3. The summed E-state index contributed by atoms with van der Waals surface area (Å²) in [7, 11) is 0. The molecule has 3 amide bonds. The predicted molar refractivity (Wildman–Crippen MR) is 116 cm³/mol. The molecule has 0 radical (unpaired) electrons. The van der Waals surface area contributed by atoms with Crippen LogP contribution in [0.2, 0.25) is 0 Å². The lowest BCUT2D eigenvalue weighted by Crippen LogP contribution is -2.30. The fourth-order valence-electron chi connectivity index (χ4n) is 3.63. The van der Waals surface area contributed by atoms with E-state index in [0.717, 1.165) is 11.3 Å². The Balaban J connectivity index is 1.34. The zero-order valence-corrected chi connectivity index (χ0v) is 16.9. The van der Waals surface area contributed by atoms with E-state index in [9.17, 15) is 14.4 Å². The number of fused-ring (bicyclic) bond motifs is 1. The van der Waals surface area contributed by atoms with Gasteiger partial charge in [-0.2, -0.15) is 0 Å². The summed E-state index contributed by atoms with van der Waals surface area (Å²) in [6.45, 7) is 0.256. The second-order valence-electron chi connectivity index (χ2n) is 7.44. The summed E-state index contributed by atoms with van der Waals surface area (Å²) in [5, 5.41) is 8.48. The van der Waals surface area contributed by atoms with Crippen LogP contribution in [-0.2, 0) is 22.6 Å². The normalized spacial score (nSPS) is 15.0. The minimum absolute atomic E-state index is 0.0656. The Labute approximate surface area is 179 Å². The van der Waals surface area contributed by atoms with Gasteiger partial charge in [0.1, 0.15) is 5.76 Å². The molecule has 1 unspecified atom stereocenters. The molecule has 31 heavy (non-hydrogen) atoms. The molecule has 1 aliphatic rings. The first-order chi connectivity index (χ1) is 15.1. The van der Waals surface area contributed by atoms with Gasteiger partial charge in [-0.1, -0.05) is 30.3 Å². The van der Waals surface area contributed by atoms with Gasteiger partial charge in [0.05, 0.1) is 24.1 Å². The molecule has 0 aliphatic carbocycles. The number of carbonyl (C=O) groups is 3. The van der Waals surface area contributed by atoms with Crippen molar-refractivity contribution >= 4 is 29.1 Å². The van der Waals surface area contributed by atoms with Crippen LogP contribution in [0.1, 0.15) is 34.5 Å². The van der Waals surface area contributed by atoms with Crippen molar-refractivity contribution < 1.29 is 18.8 Å². The molecule has 2 heterocycles. The van der Waals surface area contributed by atoms with Gasteiger partial charge in [0.25, 0.3) is 5.91 Å². The largest absolute Gasteiger partial charge is 0.467 e. The van der Waals surface area contributed by atoms with E-state index >= 15 is 0 Å². The number of benzene rings is 2. The van der Waals surface area contributed by atoms with Gasteiger partial charge in [-0.25, -0.2) is 0 Å². The molecule has 4 rings (SSSR count). The van der Waals surface area contributed by atoms with Crippen LogP contribution in [0.3, 0.4) is 0 Å². The molecule has 1 aliphatic heterocycles. The molecule has 0 saturated carbocycles. The number of hydrogen-bond acceptors (Lipinski definition) is 4. The van der Waals surface area contributed by atoms with Crippen LogP contribution < -0.4 is 16.0 Å². The first kappa shape index (κ1) is 20.4. The Morgan fingerprint density at radius 3 is 2.68 bits per heavy atom. The summed E-state index contributed by atoms with van der Waals surface area (Å²) < 4.78 is 5.22. The van der Waals surface area contributed by atoms with E-state index in [1.807, 2.05) is 24.3 Å². The van der Waals surface area contributed by atoms with Crippen molar-refractivity contribution in [3.05, 3.63) is 83.8 Å². The Morgan fingerprint density at radius 1 is 1.03 bits per heavy atom. The van der Waals surface area contributed by atoms with Crippen LogP contribution >= 0.6 is 0 Å². The Morgan fingerprint density at radius 2 is 1.84 bits per heavy atom. The number of furan rings is 1. The van der Waals surface area contributed by atoms with E-state index in [-0.39, 0.29) is 36.6 Å². The van der Waals surface area contributed by atoms with Gasteiger partial charge in [-0.05, 0) is 48.7 Å². The molecule has 7 heteroatoms. The van der Waals surface area contributed by atoms with Crippen molar-refractivity contribution in [1.82, 2.24) is 5.32 Å². The Hall–Kier alpha value is -3.87. The molecule has 3 aromatic rings. The predicted octanol–water partition coefficient (Wildman–Crippen LogP) is 3.74.